The van der Waals surface area contributed by atoms with Gasteiger partial charge in [-0.15, -0.1) is 0 Å². The summed E-state index contributed by atoms with van der Waals surface area (Å²) in [7, 11) is -3.61. The second-order valence-corrected chi connectivity index (χ2v) is 9.58. The summed E-state index contributed by atoms with van der Waals surface area (Å²) in [6.45, 7) is 5.08. The Morgan fingerprint density at radius 1 is 1.06 bits per heavy atom. The van der Waals surface area contributed by atoms with Gasteiger partial charge in [0.15, 0.2) is 0 Å². The normalized spacial score (nSPS) is 15.5. The number of nitro groups is 1. The molecule has 0 saturated carbocycles. The van der Waals surface area contributed by atoms with Crippen molar-refractivity contribution >= 4 is 27.7 Å². The van der Waals surface area contributed by atoms with E-state index in [0.717, 1.165) is 5.56 Å². The molecular weight excluding hydrogens is 418 g/mol. The lowest BCUT2D eigenvalue weighted by molar-refractivity contribution is -0.384. The maximum absolute atomic E-state index is 12.9. The third-order valence-corrected chi connectivity index (χ3v) is 7.15. The first kappa shape index (κ1) is 22.6. The number of amides is 1. The molecular formula is C22H25N3O5S. The second-order valence-electron chi connectivity index (χ2n) is 7.64. The van der Waals surface area contributed by atoms with Crippen molar-refractivity contribution in [2.45, 2.75) is 24.7 Å². The van der Waals surface area contributed by atoms with Gasteiger partial charge in [0.2, 0.25) is 15.9 Å². The van der Waals surface area contributed by atoms with Crippen molar-refractivity contribution in [1.82, 2.24) is 9.21 Å². The Morgan fingerprint density at radius 2 is 1.71 bits per heavy atom. The number of hydrogen-bond donors (Lipinski definition) is 0. The summed E-state index contributed by atoms with van der Waals surface area (Å²) < 4.78 is 27.2. The van der Waals surface area contributed by atoms with Gasteiger partial charge in [-0.1, -0.05) is 38.1 Å². The SMILES string of the molecule is CC(C)c1ccc(S(=O)(=O)N2CCN(C(=O)/C=C/c3cccc([N+](=O)[O-])c3)CC2)cc1. The minimum Gasteiger partial charge on any atom is -0.337 e. The minimum absolute atomic E-state index is 0.0464. The zero-order chi connectivity index (χ0) is 22.6. The molecule has 1 saturated heterocycles. The van der Waals surface area contributed by atoms with E-state index in [9.17, 15) is 23.3 Å². The monoisotopic (exact) mass is 443 g/mol. The van der Waals surface area contributed by atoms with Crippen molar-refractivity contribution in [2.75, 3.05) is 26.2 Å². The number of non-ortho nitro benzene ring substituents is 1. The van der Waals surface area contributed by atoms with Crippen LogP contribution in [0.25, 0.3) is 6.08 Å². The zero-order valence-corrected chi connectivity index (χ0v) is 18.3. The summed E-state index contributed by atoms with van der Waals surface area (Å²) in [5.41, 5.74) is 1.58. The highest BCUT2D eigenvalue weighted by Crippen LogP contribution is 2.21. The summed E-state index contributed by atoms with van der Waals surface area (Å²) in [6, 6.07) is 12.9. The number of nitrogens with zero attached hydrogens (tertiary/aromatic N) is 3. The van der Waals surface area contributed by atoms with E-state index in [-0.39, 0.29) is 42.7 Å². The number of benzene rings is 2. The van der Waals surface area contributed by atoms with Gasteiger partial charge in [0, 0.05) is 44.4 Å². The van der Waals surface area contributed by atoms with Gasteiger partial charge in [0.25, 0.3) is 5.69 Å². The van der Waals surface area contributed by atoms with Crippen LogP contribution in [-0.4, -0.2) is 54.6 Å². The van der Waals surface area contributed by atoms with Crippen molar-refractivity contribution in [3.05, 3.63) is 75.8 Å². The maximum atomic E-state index is 12.9. The lowest BCUT2D eigenvalue weighted by Crippen LogP contribution is -2.50. The van der Waals surface area contributed by atoms with Crippen molar-refractivity contribution in [3.63, 3.8) is 0 Å². The lowest BCUT2D eigenvalue weighted by Gasteiger charge is -2.33. The van der Waals surface area contributed by atoms with E-state index in [2.05, 4.69) is 0 Å². The highest BCUT2D eigenvalue weighted by Gasteiger charge is 2.29. The third-order valence-electron chi connectivity index (χ3n) is 5.23. The van der Waals surface area contributed by atoms with Crippen LogP contribution in [0, 0.1) is 10.1 Å². The molecule has 0 bridgehead atoms. The van der Waals surface area contributed by atoms with E-state index in [0.29, 0.717) is 11.5 Å². The largest absolute Gasteiger partial charge is 0.337 e. The molecule has 1 aliphatic rings. The molecule has 3 rings (SSSR count). The van der Waals surface area contributed by atoms with Gasteiger partial charge < -0.3 is 4.90 Å². The van der Waals surface area contributed by atoms with Gasteiger partial charge in [-0.2, -0.15) is 4.31 Å². The molecule has 0 atom stereocenters. The molecule has 164 valence electrons. The Balaban J connectivity index is 1.61. The molecule has 2 aromatic rings. The number of carbonyl (C=O) groups is 1. The van der Waals surface area contributed by atoms with E-state index in [4.69, 9.17) is 0 Å². The van der Waals surface area contributed by atoms with Crippen molar-refractivity contribution in [2.24, 2.45) is 0 Å². The third kappa shape index (κ3) is 5.36. The van der Waals surface area contributed by atoms with Gasteiger partial charge in [-0.25, -0.2) is 8.42 Å². The fourth-order valence-electron chi connectivity index (χ4n) is 3.34. The number of carbonyl (C=O) groups excluding carboxylic acids is 1. The average Bonchev–Trinajstić information content (AvgIpc) is 2.77. The number of piperazine rings is 1. The fourth-order valence-corrected chi connectivity index (χ4v) is 4.76. The highest BCUT2D eigenvalue weighted by molar-refractivity contribution is 7.89. The van der Waals surface area contributed by atoms with Gasteiger partial charge in [-0.3, -0.25) is 14.9 Å². The Kier molecular flexibility index (Phi) is 6.87. The van der Waals surface area contributed by atoms with Crippen LogP contribution >= 0.6 is 0 Å². The Morgan fingerprint density at radius 3 is 2.29 bits per heavy atom. The Bertz CT molecular complexity index is 1090. The van der Waals surface area contributed by atoms with Crippen LogP contribution in [0.15, 0.2) is 59.5 Å². The van der Waals surface area contributed by atoms with E-state index in [1.807, 2.05) is 26.0 Å². The van der Waals surface area contributed by atoms with Gasteiger partial charge in [-0.05, 0) is 35.3 Å². The molecule has 9 heteroatoms. The van der Waals surface area contributed by atoms with E-state index in [1.165, 1.54) is 28.6 Å². The Hall–Kier alpha value is -3.04. The van der Waals surface area contributed by atoms with E-state index in [1.54, 1.807) is 29.2 Å². The van der Waals surface area contributed by atoms with Gasteiger partial charge in [0.1, 0.15) is 0 Å². The standard InChI is InChI=1S/C22H25N3O5S/c1-17(2)19-7-9-21(10-8-19)31(29,30)24-14-12-23(13-15-24)22(26)11-6-18-4-3-5-20(16-18)25(27)28/h3-11,16-17H,12-15H2,1-2H3/b11-6+. The fraction of sp³-hybridized carbons (Fsp3) is 0.318. The van der Waals surface area contributed by atoms with E-state index >= 15 is 0 Å². The first-order valence-corrected chi connectivity index (χ1v) is 11.4. The van der Waals surface area contributed by atoms with Crippen molar-refractivity contribution in [1.29, 1.82) is 0 Å². The number of hydrogen-bond acceptors (Lipinski definition) is 5. The second kappa shape index (κ2) is 9.40. The molecule has 0 radical (unpaired) electrons. The highest BCUT2D eigenvalue weighted by atomic mass is 32.2. The van der Waals surface area contributed by atoms with Crippen LogP contribution in [0.4, 0.5) is 5.69 Å². The molecule has 1 amide bonds. The molecule has 1 heterocycles. The number of nitro benzene ring substituents is 1. The predicted molar refractivity (Wildman–Crippen MR) is 118 cm³/mol. The molecule has 1 fully saturated rings. The molecule has 0 aromatic heterocycles. The van der Waals surface area contributed by atoms with Crippen LogP contribution in [0.5, 0.6) is 0 Å². The summed E-state index contributed by atoms with van der Waals surface area (Å²) in [5, 5.41) is 10.9. The minimum atomic E-state index is -3.61. The van der Waals surface area contributed by atoms with Crippen LogP contribution in [0.1, 0.15) is 30.9 Å². The molecule has 0 unspecified atom stereocenters. The van der Waals surface area contributed by atoms with Crippen LogP contribution in [0.2, 0.25) is 0 Å². The maximum Gasteiger partial charge on any atom is 0.270 e. The van der Waals surface area contributed by atoms with E-state index < -0.39 is 14.9 Å². The van der Waals surface area contributed by atoms with Crippen LogP contribution < -0.4 is 0 Å². The first-order chi connectivity index (χ1) is 14.7. The quantitative estimate of drug-likeness (QED) is 0.387. The average molecular weight is 444 g/mol. The van der Waals surface area contributed by atoms with Gasteiger partial charge >= 0.3 is 0 Å². The van der Waals surface area contributed by atoms with Crippen LogP contribution in [0.3, 0.4) is 0 Å². The number of rotatable bonds is 6. The smallest absolute Gasteiger partial charge is 0.270 e. The summed E-state index contributed by atoms with van der Waals surface area (Å²) in [5.74, 6) is 0.0613. The molecule has 31 heavy (non-hydrogen) atoms. The predicted octanol–water partition coefficient (Wildman–Crippen LogP) is 3.26. The van der Waals surface area contributed by atoms with Crippen molar-refractivity contribution < 1.29 is 18.1 Å². The summed E-state index contributed by atoms with van der Waals surface area (Å²) >= 11 is 0. The molecule has 1 aliphatic heterocycles. The Labute approximate surface area is 182 Å². The molecule has 0 N–H and O–H groups in total. The van der Waals surface area contributed by atoms with Gasteiger partial charge in [0.05, 0.1) is 9.82 Å². The van der Waals surface area contributed by atoms with Crippen molar-refractivity contribution in [3.8, 4) is 0 Å². The number of sulfonamides is 1. The first-order valence-electron chi connectivity index (χ1n) is 10.00. The summed E-state index contributed by atoms with van der Waals surface area (Å²) in [6.07, 6.45) is 2.88. The lowest BCUT2D eigenvalue weighted by atomic mass is 10.0. The molecule has 0 spiro atoms. The molecule has 8 nitrogen and oxygen atoms in total. The topological polar surface area (TPSA) is 101 Å². The molecule has 0 aliphatic carbocycles. The van der Waals surface area contributed by atoms with Crippen LogP contribution in [-0.2, 0) is 14.8 Å². The zero-order valence-electron chi connectivity index (χ0n) is 17.5. The molecule has 2 aromatic carbocycles. The summed E-state index contributed by atoms with van der Waals surface area (Å²) in [4.78, 5) is 24.6.